The molecule has 0 aromatic rings. The van der Waals surface area contributed by atoms with Gasteiger partial charge in [0.2, 0.25) is 0 Å². The van der Waals surface area contributed by atoms with E-state index in [4.69, 9.17) is 15.6 Å². The highest BCUT2D eigenvalue weighted by Crippen LogP contribution is 2.13. The van der Waals surface area contributed by atoms with E-state index in [0.29, 0.717) is 0 Å². The molecular weight excluding hydrogens is 221 g/mol. The molecule has 0 unspecified atom stereocenters. The minimum absolute atomic E-state index is 0.0185. The van der Waals surface area contributed by atoms with Gasteiger partial charge in [-0.15, -0.1) is 0 Å². The third-order valence-corrected chi connectivity index (χ3v) is 1.03. The topological polar surface area (TPSA) is 109 Å². The predicted molar refractivity (Wildman–Crippen MR) is 39.1 cm³/mol. The van der Waals surface area contributed by atoms with Crippen LogP contribution in [0.15, 0.2) is 11.8 Å². The van der Waals surface area contributed by atoms with E-state index >= 15 is 0 Å². The van der Waals surface area contributed by atoms with Gasteiger partial charge in [-0.25, -0.2) is 4.79 Å². The molecule has 2 amide bonds. The lowest BCUT2D eigenvalue weighted by Crippen LogP contribution is -2.24. The molecule has 6 nitrogen and oxygen atoms in total. The van der Waals surface area contributed by atoms with E-state index < -0.39 is 24.0 Å². The van der Waals surface area contributed by atoms with Gasteiger partial charge in [-0.05, 0) is 0 Å². The van der Waals surface area contributed by atoms with Crippen molar-refractivity contribution >= 4 is 17.8 Å². The Balaban J connectivity index is 0.000000265. The van der Waals surface area contributed by atoms with Crippen molar-refractivity contribution in [3.63, 3.8) is 0 Å². The van der Waals surface area contributed by atoms with Crippen molar-refractivity contribution in [3.05, 3.63) is 11.8 Å². The molecule has 1 aliphatic rings. The van der Waals surface area contributed by atoms with Crippen LogP contribution in [-0.2, 0) is 14.4 Å². The Bertz CT molecular complexity index is 334. The summed E-state index contributed by atoms with van der Waals surface area (Å²) in [7, 11) is 0. The zero-order chi connectivity index (χ0) is 12.2. The molecule has 0 aromatic carbocycles. The number of carbonyl (C=O) groups excluding carboxylic acids is 2. The van der Waals surface area contributed by atoms with Crippen molar-refractivity contribution in [2.75, 3.05) is 0 Å². The van der Waals surface area contributed by atoms with Crippen LogP contribution in [0.3, 0.4) is 0 Å². The number of alkyl halides is 3. The normalized spacial score (nSPS) is 15.0. The third-order valence-electron chi connectivity index (χ3n) is 1.03. The number of imide groups is 1. The van der Waals surface area contributed by atoms with Gasteiger partial charge in [0.25, 0.3) is 11.8 Å². The second-order valence-electron chi connectivity index (χ2n) is 2.22. The molecule has 0 atom stereocenters. The first-order valence-corrected chi connectivity index (χ1v) is 3.27. The third kappa shape index (κ3) is 4.64. The lowest BCUT2D eigenvalue weighted by molar-refractivity contribution is -0.192. The maximum absolute atomic E-state index is 10.6. The molecule has 4 N–H and O–H groups in total. The van der Waals surface area contributed by atoms with E-state index in [1.165, 1.54) is 0 Å². The fraction of sp³-hybridized carbons (Fsp3) is 0.167. The maximum atomic E-state index is 10.6. The van der Waals surface area contributed by atoms with Gasteiger partial charge >= 0.3 is 12.1 Å². The summed E-state index contributed by atoms with van der Waals surface area (Å²) in [4.78, 5) is 29.3. The van der Waals surface area contributed by atoms with E-state index in [2.05, 4.69) is 0 Å². The van der Waals surface area contributed by atoms with Crippen LogP contribution >= 0.6 is 0 Å². The first-order valence-electron chi connectivity index (χ1n) is 3.27. The number of aliphatic carboxylic acids is 1. The Morgan fingerprint density at radius 1 is 1.40 bits per heavy atom. The molecule has 0 radical (unpaired) electrons. The number of halogens is 3. The molecular formula is C6H5F3N2O4. The Morgan fingerprint density at radius 2 is 1.80 bits per heavy atom. The largest absolute Gasteiger partial charge is 0.490 e. The highest BCUT2D eigenvalue weighted by Gasteiger charge is 2.38. The van der Waals surface area contributed by atoms with Gasteiger partial charge in [0.15, 0.2) is 0 Å². The second-order valence-corrected chi connectivity index (χ2v) is 2.22. The predicted octanol–water partition coefficient (Wildman–Crippen LogP) is -0.881. The molecule has 0 fully saturated rings. The van der Waals surface area contributed by atoms with E-state index in [-0.39, 0.29) is 5.70 Å². The van der Waals surface area contributed by atoms with Gasteiger partial charge in [-0.2, -0.15) is 13.2 Å². The molecule has 0 saturated heterocycles. The molecule has 0 aromatic heterocycles. The second kappa shape index (κ2) is 4.44. The van der Waals surface area contributed by atoms with Crippen molar-refractivity contribution in [2.45, 2.75) is 6.18 Å². The first-order chi connectivity index (χ1) is 6.64. The molecule has 0 bridgehead atoms. The van der Waals surface area contributed by atoms with Crippen molar-refractivity contribution in [1.29, 1.82) is 0 Å². The molecule has 1 rings (SSSR count). The zero-order valence-electron chi connectivity index (χ0n) is 6.96. The highest BCUT2D eigenvalue weighted by atomic mass is 19.4. The number of hydrogen-bond donors (Lipinski definition) is 3. The van der Waals surface area contributed by atoms with Crippen molar-refractivity contribution in [1.82, 2.24) is 5.32 Å². The SMILES string of the molecule is NC1=CC(=O)NC1=O.O=C(O)C(F)(F)F. The van der Waals surface area contributed by atoms with E-state index in [1.54, 1.807) is 0 Å². The fourth-order valence-electron chi connectivity index (χ4n) is 0.427. The Kier molecular flexibility index (Phi) is 3.83. The Hall–Kier alpha value is -2.06. The summed E-state index contributed by atoms with van der Waals surface area (Å²) < 4.78 is 31.7. The van der Waals surface area contributed by atoms with Crippen LogP contribution in [-0.4, -0.2) is 29.1 Å². The van der Waals surface area contributed by atoms with Crippen LogP contribution in [0.2, 0.25) is 0 Å². The minimum atomic E-state index is -5.08. The minimum Gasteiger partial charge on any atom is -0.475 e. The van der Waals surface area contributed by atoms with Crippen molar-refractivity contribution in [3.8, 4) is 0 Å². The summed E-state index contributed by atoms with van der Waals surface area (Å²) >= 11 is 0. The van der Waals surface area contributed by atoms with E-state index in [1.807, 2.05) is 5.32 Å². The smallest absolute Gasteiger partial charge is 0.475 e. The lowest BCUT2D eigenvalue weighted by Gasteiger charge is -1.93. The first kappa shape index (κ1) is 12.9. The Labute approximate surface area is 80.5 Å². The van der Waals surface area contributed by atoms with Crippen molar-refractivity contribution in [2.24, 2.45) is 5.73 Å². The van der Waals surface area contributed by atoms with Gasteiger partial charge in [0.1, 0.15) is 5.70 Å². The monoisotopic (exact) mass is 226 g/mol. The van der Waals surface area contributed by atoms with Crippen LogP contribution in [0.4, 0.5) is 13.2 Å². The summed E-state index contributed by atoms with van der Waals surface area (Å²) in [6.45, 7) is 0. The van der Waals surface area contributed by atoms with E-state index in [9.17, 15) is 22.8 Å². The molecule has 84 valence electrons. The molecule has 0 spiro atoms. The van der Waals surface area contributed by atoms with Gasteiger partial charge in [0.05, 0.1) is 0 Å². The summed E-state index contributed by atoms with van der Waals surface area (Å²) in [5, 5.41) is 9.10. The molecule has 0 saturated carbocycles. The number of rotatable bonds is 0. The number of nitrogens with two attached hydrogens (primary N) is 1. The van der Waals surface area contributed by atoms with Crippen LogP contribution in [0, 0.1) is 0 Å². The van der Waals surface area contributed by atoms with Crippen molar-refractivity contribution < 1.29 is 32.7 Å². The molecule has 9 heteroatoms. The molecule has 15 heavy (non-hydrogen) atoms. The van der Waals surface area contributed by atoms with Crippen LogP contribution in [0.1, 0.15) is 0 Å². The lowest BCUT2D eigenvalue weighted by atomic mass is 10.5. The average molecular weight is 226 g/mol. The van der Waals surface area contributed by atoms with Crippen LogP contribution < -0.4 is 11.1 Å². The number of carboxylic acid groups (broad SMARTS) is 1. The quantitative estimate of drug-likeness (QED) is 0.464. The summed E-state index contributed by atoms with van der Waals surface area (Å²) in [6.07, 6.45) is -4.03. The van der Waals surface area contributed by atoms with E-state index in [0.717, 1.165) is 6.08 Å². The number of hydrogen-bond acceptors (Lipinski definition) is 4. The molecule has 1 aliphatic heterocycles. The zero-order valence-corrected chi connectivity index (χ0v) is 6.96. The summed E-state index contributed by atoms with van der Waals surface area (Å²) in [5.74, 6) is -3.70. The highest BCUT2D eigenvalue weighted by molar-refractivity contribution is 6.15. The number of amides is 2. The molecule has 0 aliphatic carbocycles. The standard InChI is InChI=1S/C4H4N2O2.C2HF3O2/c5-2-1-3(7)6-4(2)8;3-2(4,5)1(6)7/h1H,(H3,5,6,7,8);(H,6,7). The summed E-state index contributed by atoms with van der Waals surface area (Å²) in [5.41, 5.74) is 4.98. The number of carboxylic acids is 1. The van der Waals surface area contributed by atoms with Gasteiger partial charge in [-0.3, -0.25) is 14.9 Å². The fourth-order valence-corrected chi connectivity index (χ4v) is 0.427. The Morgan fingerprint density at radius 3 is 1.87 bits per heavy atom. The van der Waals surface area contributed by atoms with Gasteiger partial charge in [-0.1, -0.05) is 0 Å². The average Bonchev–Trinajstić information content (AvgIpc) is 2.28. The number of carbonyl (C=O) groups is 3. The van der Waals surface area contributed by atoms with Crippen LogP contribution in [0.5, 0.6) is 0 Å². The van der Waals surface area contributed by atoms with Gasteiger partial charge in [0, 0.05) is 6.08 Å². The summed E-state index contributed by atoms with van der Waals surface area (Å²) in [6, 6.07) is 0. The van der Waals surface area contributed by atoms with Crippen LogP contribution in [0.25, 0.3) is 0 Å². The molecule has 1 heterocycles. The van der Waals surface area contributed by atoms with Gasteiger partial charge < -0.3 is 10.8 Å². The maximum Gasteiger partial charge on any atom is 0.490 e. The number of nitrogens with one attached hydrogen (secondary N) is 1.